The van der Waals surface area contributed by atoms with Crippen LogP contribution in [0.5, 0.6) is 5.75 Å². The van der Waals surface area contributed by atoms with E-state index in [2.05, 4.69) is 5.32 Å². The molecule has 1 amide bonds. The van der Waals surface area contributed by atoms with Crippen LogP contribution in [0.3, 0.4) is 0 Å². The van der Waals surface area contributed by atoms with Crippen LogP contribution < -0.4 is 5.32 Å². The number of aromatic hydroxyl groups is 1. The van der Waals surface area contributed by atoms with Gasteiger partial charge in [-0.05, 0) is 25.0 Å². The second kappa shape index (κ2) is 4.64. The number of ether oxygens (including phenoxy) is 1. The Balaban J connectivity index is 1.81. The Morgan fingerprint density at radius 2 is 2.42 bits per heavy atom. The number of nitrogens with zero attached hydrogens (tertiary/aromatic N) is 1. The molecule has 0 bridgehead atoms. The number of anilines is 1. The van der Waals surface area contributed by atoms with Crippen molar-refractivity contribution in [3.05, 3.63) is 23.8 Å². The van der Waals surface area contributed by atoms with E-state index in [1.165, 1.54) is 0 Å². The van der Waals surface area contributed by atoms with Crippen LogP contribution in [0.25, 0.3) is 0 Å². The quantitative estimate of drug-likeness (QED) is 0.761. The minimum atomic E-state index is -0.241. The smallest absolute Gasteiger partial charge is 0.409 e. The highest BCUT2D eigenvalue weighted by Gasteiger charge is 2.39. The van der Waals surface area contributed by atoms with Gasteiger partial charge in [0.15, 0.2) is 0 Å². The fraction of sp³-hybridized carbons (Fsp3) is 0.500. The van der Waals surface area contributed by atoms with Crippen LogP contribution in [0.15, 0.2) is 18.2 Å². The van der Waals surface area contributed by atoms with Gasteiger partial charge in [-0.3, -0.25) is 0 Å². The monoisotopic (exact) mass is 262 g/mol. The van der Waals surface area contributed by atoms with Gasteiger partial charge in [0.25, 0.3) is 0 Å². The van der Waals surface area contributed by atoms with Crippen molar-refractivity contribution in [3.8, 4) is 5.75 Å². The molecule has 2 N–H and O–H groups in total. The number of amides is 1. The SMILES string of the molecule is CCOC(=O)N1CC[C@@H]2Nc3c(O)cccc3[C@@H]2C1. The van der Waals surface area contributed by atoms with Crippen LogP contribution in [0, 0.1) is 0 Å². The van der Waals surface area contributed by atoms with Crippen molar-refractivity contribution in [1.29, 1.82) is 0 Å². The summed E-state index contributed by atoms with van der Waals surface area (Å²) in [6.07, 6.45) is 0.631. The Hall–Kier alpha value is -1.91. The zero-order valence-electron chi connectivity index (χ0n) is 10.9. The number of fused-ring (bicyclic) bond motifs is 3. The van der Waals surface area contributed by atoms with Gasteiger partial charge in [-0.1, -0.05) is 12.1 Å². The first-order chi connectivity index (χ1) is 9.20. The molecule has 2 aliphatic heterocycles. The predicted octanol–water partition coefficient (Wildman–Crippen LogP) is 2.13. The Morgan fingerprint density at radius 1 is 1.58 bits per heavy atom. The van der Waals surface area contributed by atoms with Crippen LogP contribution in [0.2, 0.25) is 0 Å². The van der Waals surface area contributed by atoms with Crippen LogP contribution in [0.1, 0.15) is 24.8 Å². The molecular formula is C14H18N2O3. The number of para-hydroxylation sites is 1. The van der Waals surface area contributed by atoms with E-state index in [4.69, 9.17) is 4.74 Å². The molecule has 1 fully saturated rings. The van der Waals surface area contributed by atoms with Gasteiger partial charge >= 0.3 is 6.09 Å². The molecule has 3 rings (SSSR count). The summed E-state index contributed by atoms with van der Waals surface area (Å²) in [7, 11) is 0. The highest BCUT2D eigenvalue weighted by molar-refractivity contribution is 5.71. The van der Waals surface area contributed by atoms with Crippen LogP contribution in [-0.4, -0.2) is 41.8 Å². The van der Waals surface area contributed by atoms with Crippen molar-refractivity contribution in [2.75, 3.05) is 25.0 Å². The molecule has 2 heterocycles. The third-order valence-corrected chi connectivity index (χ3v) is 3.94. The first-order valence-electron chi connectivity index (χ1n) is 6.70. The maximum atomic E-state index is 11.8. The van der Waals surface area contributed by atoms with Crippen molar-refractivity contribution < 1.29 is 14.6 Å². The number of carbonyl (C=O) groups is 1. The van der Waals surface area contributed by atoms with Crippen molar-refractivity contribution in [1.82, 2.24) is 4.90 Å². The van der Waals surface area contributed by atoms with Gasteiger partial charge in [-0.15, -0.1) is 0 Å². The number of phenols is 1. The van der Waals surface area contributed by atoms with Gasteiger partial charge in [0, 0.05) is 25.0 Å². The highest BCUT2D eigenvalue weighted by Crippen LogP contribution is 2.44. The van der Waals surface area contributed by atoms with Gasteiger partial charge in [0.2, 0.25) is 0 Å². The van der Waals surface area contributed by atoms with E-state index in [-0.39, 0.29) is 17.8 Å². The maximum Gasteiger partial charge on any atom is 0.409 e. The molecule has 1 aromatic carbocycles. The minimum Gasteiger partial charge on any atom is -0.506 e. The van der Waals surface area contributed by atoms with Gasteiger partial charge in [-0.25, -0.2) is 4.79 Å². The highest BCUT2D eigenvalue weighted by atomic mass is 16.6. The summed E-state index contributed by atoms with van der Waals surface area (Å²) in [5.74, 6) is 0.523. The normalized spacial score (nSPS) is 24.4. The van der Waals surface area contributed by atoms with Crippen molar-refractivity contribution in [3.63, 3.8) is 0 Å². The van der Waals surface area contributed by atoms with E-state index < -0.39 is 0 Å². The average molecular weight is 262 g/mol. The lowest BCUT2D eigenvalue weighted by Gasteiger charge is -2.34. The summed E-state index contributed by atoms with van der Waals surface area (Å²) in [6, 6.07) is 5.85. The maximum absolute atomic E-state index is 11.8. The summed E-state index contributed by atoms with van der Waals surface area (Å²) in [5, 5.41) is 13.2. The predicted molar refractivity (Wildman–Crippen MR) is 71.5 cm³/mol. The average Bonchev–Trinajstić information content (AvgIpc) is 2.78. The summed E-state index contributed by atoms with van der Waals surface area (Å²) < 4.78 is 5.06. The Morgan fingerprint density at radius 3 is 3.21 bits per heavy atom. The lowest BCUT2D eigenvalue weighted by Crippen LogP contribution is -2.45. The number of likely N-dealkylation sites (tertiary alicyclic amines) is 1. The molecule has 19 heavy (non-hydrogen) atoms. The van der Waals surface area contributed by atoms with Crippen molar-refractivity contribution in [2.24, 2.45) is 0 Å². The summed E-state index contributed by atoms with van der Waals surface area (Å²) in [5.41, 5.74) is 1.92. The van der Waals surface area contributed by atoms with Crippen LogP contribution in [0.4, 0.5) is 10.5 Å². The van der Waals surface area contributed by atoms with E-state index in [0.29, 0.717) is 25.7 Å². The summed E-state index contributed by atoms with van der Waals surface area (Å²) in [4.78, 5) is 13.6. The first-order valence-corrected chi connectivity index (χ1v) is 6.70. The molecule has 1 saturated heterocycles. The number of piperidine rings is 1. The van der Waals surface area contributed by atoms with Crippen molar-refractivity contribution in [2.45, 2.75) is 25.3 Å². The molecule has 5 nitrogen and oxygen atoms in total. The number of rotatable bonds is 1. The molecule has 102 valence electrons. The van der Waals surface area contributed by atoms with Crippen molar-refractivity contribution >= 4 is 11.8 Å². The fourth-order valence-electron chi connectivity index (χ4n) is 3.03. The number of phenolic OH excluding ortho intramolecular Hbond substituents is 1. The minimum absolute atomic E-state index is 0.236. The lowest BCUT2D eigenvalue weighted by atomic mass is 9.89. The summed E-state index contributed by atoms with van der Waals surface area (Å²) in [6.45, 7) is 3.56. The van der Waals surface area contributed by atoms with E-state index >= 15 is 0 Å². The third-order valence-electron chi connectivity index (χ3n) is 3.94. The third kappa shape index (κ3) is 1.99. The second-order valence-corrected chi connectivity index (χ2v) is 5.03. The topological polar surface area (TPSA) is 61.8 Å². The van der Waals surface area contributed by atoms with Gasteiger partial charge in [0.05, 0.1) is 12.3 Å². The van der Waals surface area contributed by atoms with Gasteiger partial charge in [-0.2, -0.15) is 0 Å². The van der Waals surface area contributed by atoms with E-state index in [9.17, 15) is 9.90 Å². The second-order valence-electron chi connectivity index (χ2n) is 5.03. The van der Waals surface area contributed by atoms with Crippen LogP contribution in [-0.2, 0) is 4.74 Å². The fourth-order valence-corrected chi connectivity index (χ4v) is 3.03. The Bertz CT molecular complexity index is 503. The molecule has 5 heteroatoms. The van der Waals surface area contributed by atoms with Gasteiger partial charge < -0.3 is 20.1 Å². The Kier molecular flexibility index (Phi) is 2.97. The zero-order valence-corrected chi connectivity index (χ0v) is 10.9. The molecule has 0 unspecified atom stereocenters. The van der Waals surface area contributed by atoms with Gasteiger partial charge in [0.1, 0.15) is 5.75 Å². The molecule has 1 aromatic rings. The summed E-state index contributed by atoms with van der Waals surface area (Å²) >= 11 is 0. The molecule has 0 spiro atoms. The molecule has 0 aromatic heterocycles. The number of nitrogens with one attached hydrogen (secondary N) is 1. The zero-order chi connectivity index (χ0) is 13.4. The number of hydrogen-bond acceptors (Lipinski definition) is 4. The molecule has 2 aliphatic rings. The first kappa shape index (κ1) is 12.1. The van der Waals surface area contributed by atoms with E-state index in [1.807, 2.05) is 19.1 Å². The number of carbonyl (C=O) groups excluding carboxylic acids is 1. The molecule has 0 saturated carbocycles. The standard InChI is InChI=1S/C14H18N2O3/c1-2-19-14(18)16-7-6-11-10(8-16)9-4-3-5-12(17)13(9)15-11/h3-5,10-11,15,17H,2,6-8H2,1H3/t10-,11-/m0/s1. The largest absolute Gasteiger partial charge is 0.506 e. The lowest BCUT2D eigenvalue weighted by molar-refractivity contribution is 0.0949. The molecule has 0 aliphatic carbocycles. The van der Waals surface area contributed by atoms with E-state index in [0.717, 1.165) is 17.7 Å². The number of benzene rings is 1. The van der Waals surface area contributed by atoms with Crippen LogP contribution >= 0.6 is 0 Å². The number of hydrogen-bond donors (Lipinski definition) is 2. The molecular weight excluding hydrogens is 244 g/mol. The molecule has 0 radical (unpaired) electrons. The Labute approximate surface area is 112 Å². The molecule has 2 atom stereocenters. The van der Waals surface area contributed by atoms with E-state index in [1.54, 1.807) is 11.0 Å².